The van der Waals surface area contributed by atoms with Gasteiger partial charge in [-0.1, -0.05) is 6.07 Å². The van der Waals surface area contributed by atoms with Crippen molar-refractivity contribution >= 4 is 33.5 Å². The van der Waals surface area contributed by atoms with Crippen LogP contribution in [0.1, 0.15) is 5.56 Å². The molecular weight excluding hydrogens is 303 g/mol. The maximum absolute atomic E-state index is 10.00. The number of nitrogens with one attached hydrogen (secondary N) is 1. The van der Waals surface area contributed by atoms with E-state index in [0.29, 0.717) is 12.1 Å². The molecule has 1 aromatic heterocycles. The Morgan fingerprint density at radius 3 is 3.07 bits per heavy atom. The van der Waals surface area contributed by atoms with E-state index in [9.17, 15) is 5.11 Å². The minimum absolute atomic E-state index is 0.278. The number of aromatic nitrogens is 1. The van der Waals surface area contributed by atoms with E-state index in [2.05, 4.69) is 32.9 Å². The number of nitrogens with zero attached hydrogens (tertiary/aromatic N) is 1. The van der Waals surface area contributed by atoms with Crippen molar-refractivity contribution in [1.82, 2.24) is 10.3 Å². The molecule has 2 N–H and O–H groups in total. The summed E-state index contributed by atoms with van der Waals surface area (Å²) in [5.74, 6) is 0.278. The Bertz CT molecular complexity index is 499. The predicted molar refractivity (Wildman–Crippen MR) is 68.9 cm³/mol. The second kappa shape index (κ2) is 4.32. The summed E-state index contributed by atoms with van der Waals surface area (Å²) in [6.45, 7) is 0.647. The van der Waals surface area contributed by atoms with E-state index in [0.717, 1.165) is 14.5 Å². The number of phenolic OH excluding ortho intramolecular Hbond substituents is 1. The number of aromatic hydroxyl groups is 1. The average Bonchev–Trinajstić information content (AvgIpc) is 2.26. The number of hydrogen-bond acceptors (Lipinski definition) is 3. The lowest BCUT2D eigenvalue weighted by molar-refractivity contribution is 0.471. The lowest BCUT2D eigenvalue weighted by atomic mass is 10.1. The number of pyridine rings is 1. The normalized spacial score (nSPS) is 10.8. The van der Waals surface area contributed by atoms with Gasteiger partial charge in [0.25, 0.3) is 0 Å². The summed E-state index contributed by atoms with van der Waals surface area (Å²) in [6, 6.07) is 5.82. The largest absolute Gasteiger partial charge is 0.505 e. The molecule has 78 valence electrons. The van der Waals surface area contributed by atoms with Gasteiger partial charge in [0, 0.05) is 27.3 Å². The van der Waals surface area contributed by atoms with Crippen LogP contribution in [0.4, 0.5) is 0 Å². The molecule has 4 heteroatoms. The summed E-state index contributed by atoms with van der Waals surface area (Å²) in [5, 5.41) is 14.0. The van der Waals surface area contributed by atoms with Gasteiger partial charge in [0.2, 0.25) is 0 Å². The molecule has 0 radical (unpaired) electrons. The van der Waals surface area contributed by atoms with Gasteiger partial charge in [-0.3, -0.25) is 4.98 Å². The second-order valence-electron chi connectivity index (χ2n) is 3.30. The van der Waals surface area contributed by atoms with E-state index in [1.54, 1.807) is 6.20 Å². The zero-order valence-corrected chi connectivity index (χ0v) is 10.4. The first-order valence-electron chi connectivity index (χ1n) is 4.63. The van der Waals surface area contributed by atoms with Crippen LogP contribution >= 0.6 is 22.6 Å². The highest BCUT2D eigenvalue weighted by Crippen LogP contribution is 2.30. The van der Waals surface area contributed by atoms with E-state index < -0.39 is 0 Å². The molecule has 2 rings (SSSR count). The number of rotatable bonds is 2. The van der Waals surface area contributed by atoms with Crippen LogP contribution in [0.25, 0.3) is 10.9 Å². The van der Waals surface area contributed by atoms with Crippen molar-refractivity contribution in [3.05, 3.63) is 33.5 Å². The van der Waals surface area contributed by atoms with Crippen LogP contribution in [-0.4, -0.2) is 17.1 Å². The van der Waals surface area contributed by atoms with Crippen molar-refractivity contribution in [3.8, 4) is 5.75 Å². The van der Waals surface area contributed by atoms with Crippen LogP contribution in [0.5, 0.6) is 5.75 Å². The van der Waals surface area contributed by atoms with Gasteiger partial charge >= 0.3 is 0 Å². The molecule has 0 saturated heterocycles. The molecule has 15 heavy (non-hydrogen) atoms. The molecule has 0 aliphatic carbocycles. The minimum atomic E-state index is 0.278. The van der Waals surface area contributed by atoms with E-state index in [-0.39, 0.29) is 5.75 Å². The first kappa shape index (κ1) is 10.6. The number of hydrogen-bond donors (Lipinski definition) is 2. The Morgan fingerprint density at radius 2 is 2.33 bits per heavy atom. The molecule has 0 atom stereocenters. The quantitative estimate of drug-likeness (QED) is 0.836. The van der Waals surface area contributed by atoms with Crippen LogP contribution in [0, 0.1) is 3.57 Å². The number of phenols is 1. The van der Waals surface area contributed by atoms with Crippen LogP contribution in [0.3, 0.4) is 0 Å². The molecular formula is C11H11IN2O. The van der Waals surface area contributed by atoms with Gasteiger partial charge < -0.3 is 10.4 Å². The van der Waals surface area contributed by atoms with E-state index >= 15 is 0 Å². The fraction of sp³-hybridized carbons (Fsp3) is 0.182. The molecule has 1 aromatic carbocycles. The van der Waals surface area contributed by atoms with Crippen molar-refractivity contribution in [3.63, 3.8) is 0 Å². The summed E-state index contributed by atoms with van der Waals surface area (Å²) in [5.41, 5.74) is 1.56. The summed E-state index contributed by atoms with van der Waals surface area (Å²) in [6.07, 6.45) is 1.70. The lowest BCUT2D eigenvalue weighted by Crippen LogP contribution is -2.05. The van der Waals surface area contributed by atoms with Gasteiger partial charge in [-0.05, 0) is 41.8 Å². The summed E-state index contributed by atoms with van der Waals surface area (Å²) in [7, 11) is 1.86. The number of halogens is 1. The van der Waals surface area contributed by atoms with E-state index in [1.807, 2.05) is 25.2 Å². The first-order chi connectivity index (χ1) is 7.24. The summed E-state index contributed by atoms with van der Waals surface area (Å²) >= 11 is 2.26. The highest BCUT2D eigenvalue weighted by Gasteiger charge is 2.09. The van der Waals surface area contributed by atoms with E-state index in [4.69, 9.17) is 0 Å². The SMILES string of the molecule is CNCc1cc(I)c2cccnc2c1O. The van der Waals surface area contributed by atoms with Crippen molar-refractivity contribution < 1.29 is 5.11 Å². The summed E-state index contributed by atoms with van der Waals surface area (Å²) < 4.78 is 1.11. The van der Waals surface area contributed by atoms with Crippen LogP contribution in [0.15, 0.2) is 24.4 Å². The highest BCUT2D eigenvalue weighted by atomic mass is 127. The van der Waals surface area contributed by atoms with Crippen molar-refractivity contribution in [2.24, 2.45) is 0 Å². The fourth-order valence-electron chi connectivity index (χ4n) is 1.56. The third-order valence-corrected chi connectivity index (χ3v) is 3.15. The van der Waals surface area contributed by atoms with Crippen molar-refractivity contribution in [2.75, 3.05) is 7.05 Å². The zero-order chi connectivity index (χ0) is 10.8. The molecule has 3 nitrogen and oxygen atoms in total. The third-order valence-electron chi connectivity index (χ3n) is 2.26. The van der Waals surface area contributed by atoms with Gasteiger partial charge in [0.05, 0.1) is 0 Å². The molecule has 0 saturated carbocycles. The van der Waals surface area contributed by atoms with Crippen molar-refractivity contribution in [2.45, 2.75) is 6.54 Å². The first-order valence-corrected chi connectivity index (χ1v) is 5.71. The predicted octanol–water partition coefficient (Wildman–Crippen LogP) is 2.26. The Morgan fingerprint density at radius 1 is 1.53 bits per heavy atom. The average molecular weight is 314 g/mol. The molecule has 0 unspecified atom stereocenters. The van der Waals surface area contributed by atoms with Crippen LogP contribution < -0.4 is 5.32 Å². The van der Waals surface area contributed by atoms with Crippen molar-refractivity contribution in [1.29, 1.82) is 0 Å². The Labute approximate surface area is 102 Å². The molecule has 0 aliphatic heterocycles. The van der Waals surface area contributed by atoms with Gasteiger partial charge in [-0.2, -0.15) is 0 Å². The third kappa shape index (κ3) is 1.91. The van der Waals surface area contributed by atoms with Crippen LogP contribution in [-0.2, 0) is 6.54 Å². The molecule has 0 aliphatic rings. The minimum Gasteiger partial charge on any atom is -0.505 e. The molecule has 1 heterocycles. The Kier molecular flexibility index (Phi) is 3.06. The van der Waals surface area contributed by atoms with Gasteiger partial charge in [0.15, 0.2) is 0 Å². The Balaban J connectivity index is 2.72. The smallest absolute Gasteiger partial charge is 0.146 e. The monoisotopic (exact) mass is 314 g/mol. The maximum atomic E-state index is 10.00. The van der Waals surface area contributed by atoms with Gasteiger partial charge in [0.1, 0.15) is 11.3 Å². The second-order valence-corrected chi connectivity index (χ2v) is 4.46. The highest BCUT2D eigenvalue weighted by molar-refractivity contribution is 14.1. The molecule has 0 spiro atoms. The number of fused-ring (bicyclic) bond motifs is 1. The zero-order valence-electron chi connectivity index (χ0n) is 8.29. The fourth-order valence-corrected chi connectivity index (χ4v) is 2.37. The Hall–Kier alpha value is -0.880. The number of benzene rings is 1. The topological polar surface area (TPSA) is 45.2 Å². The molecule has 0 fully saturated rings. The molecule has 0 bridgehead atoms. The van der Waals surface area contributed by atoms with Crippen LogP contribution in [0.2, 0.25) is 0 Å². The summed E-state index contributed by atoms with van der Waals surface area (Å²) in [4.78, 5) is 4.20. The lowest BCUT2D eigenvalue weighted by Gasteiger charge is -2.08. The van der Waals surface area contributed by atoms with Gasteiger partial charge in [-0.25, -0.2) is 0 Å². The maximum Gasteiger partial charge on any atom is 0.146 e. The standard InChI is InChI=1S/C11H11IN2O/c1-13-6-7-5-9(12)8-3-2-4-14-10(8)11(7)15/h2-5,13,15H,6H2,1H3. The van der Waals surface area contributed by atoms with Gasteiger partial charge in [-0.15, -0.1) is 0 Å². The molecule has 2 aromatic rings. The molecule has 0 amide bonds. The van der Waals surface area contributed by atoms with E-state index in [1.165, 1.54) is 0 Å².